The average molecular weight is 454 g/mol. The number of hydrogen-bond donors (Lipinski definition) is 1. The Bertz CT molecular complexity index is 1140. The highest BCUT2D eigenvalue weighted by Gasteiger charge is 2.31. The molecule has 3 aromatic rings. The Morgan fingerprint density at radius 3 is 2.42 bits per heavy atom. The van der Waals surface area contributed by atoms with Gasteiger partial charge >= 0.3 is 6.43 Å². The first-order valence-electron chi connectivity index (χ1n) is 9.25. The van der Waals surface area contributed by atoms with Crippen molar-refractivity contribution in [1.82, 2.24) is 24.5 Å². The van der Waals surface area contributed by atoms with Crippen molar-refractivity contribution in [1.29, 1.82) is 0 Å². The molecule has 3 heterocycles. The largest absolute Gasteiger partial charge is 0.415 e. The third kappa shape index (κ3) is 4.82. The Kier molecular flexibility index (Phi) is 5.87. The molecule has 1 aromatic carbocycles. The third-order valence-corrected chi connectivity index (χ3v) is 6.61. The molecule has 0 amide bonds. The maximum absolute atomic E-state index is 13.3. The van der Waals surface area contributed by atoms with Crippen molar-refractivity contribution in [2.24, 2.45) is 0 Å². The second kappa shape index (κ2) is 8.59. The Morgan fingerprint density at radius 2 is 1.84 bits per heavy atom. The zero-order valence-electron chi connectivity index (χ0n) is 16.0. The molecule has 13 heteroatoms. The molecule has 0 aliphatic carbocycles. The maximum Gasteiger partial charge on any atom is 0.314 e. The van der Waals surface area contributed by atoms with Gasteiger partial charge in [0.15, 0.2) is 0 Å². The molecular formula is C18H17F3N6O3S. The molecule has 1 saturated heterocycles. The van der Waals surface area contributed by atoms with Gasteiger partial charge in [-0.25, -0.2) is 22.8 Å². The summed E-state index contributed by atoms with van der Waals surface area (Å²) in [6.45, 7) is 0.506. The number of benzene rings is 1. The van der Waals surface area contributed by atoms with Gasteiger partial charge < -0.3 is 9.73 Å². The van der Waals surface area contributed by atoms with Gasteiger partial charge in [0.1, 0.15) is 5.82 Å². The van der Waals surface area contributed by atoms with E-state index in [2.05, 4.69) is 25.5 Å². The van der Waals surface area contributed by atoms with Gasteiger partial charge in [-0.3, -0.25) is 0 Å². The molecule has 1 aliphatic rings. The molecule has 1 atom stereocenters. The first-order valence-corrected chi connectivity index (χ1v) is 10.9. The number of halogens is 3. The van der Waals surface area contributed by atoms with Crippen LogP contribution in [0.1, 0.15) is 30.3 Å². The molecule has 0 saturated carbocycles. The van der Waals surface area contributed by atoms with Crippen molar-refractivity contribution in [2.45, 2.75) is 18.9 Å². The lowest BCUT2D eigenvalue weighted by Crippen LogP contribution is -2.33. The quantitative estimate of drug-likeness (QED) is 0.580. The van der Waals surface area contributed by atoms with Crippen LogP contribution < -0.4 is 5.32 Å². The summed E-state index contributed by atoms with van der Waals surface area (Å²) in [7, 11) is -3.35. The molecule has 1 aliphatic heterocycles. The summed E-state index contributed by atoms with van der Waals surface area (Å²) in [5, 5.41) is 9.83. The number of nitrogens with zero attached hydrogens (tertiary/aromatic N) is 5. The first-order chi connectivity index (χ1) is 14.8. The van der Waals surface area contributed by atoms with E-state index in [9.17, 15) is 21.6 Å². The predicted molar refractivity (Wildman–Crippen MR) is 103 cm³/mol. The number of sulfonamides is 1. The third-order valence-electron chi connectivity index (χ3n) is 4.69. The van der Waals surface area contributed by atoms with Crippen molar-refractivity contribution in [3.8, 4) is 11.5 Å². The van der Waals surface area contributed by atoms with Crippen LogP contribution in [0.15, 0.2) is 41.1 Å². The van der Waals surface area contributed by atoms with E-state index in [-0.39, 0.29) is 29.7 Å². The molecule has 0 radical (unpaired) electrons. The molecule has 0 spiro atoms. The Labute approximate surface area is 175 Å². The van der Waals surface area contributed by atoms with E-state index >= 15 is 0 Å². The lowest BCUT2D eigenvalue weighted by molar-refractivity contribution is 0.116. The molecule has 1 fully saturated rings. The van der Waals surface area contributed by atoms with Gasteiger partial charge in [0.05, 0.1) is 17.4 Å². The van der Waals surface area contributed by atoms with Crippen LogP contribution in [0.2, 0.25) is 0 Å². The minimum absolute atomic E-state index is 0.0825. The first kappa shape index (κ1) is 21.2. The summed E-state index contributed by atoms with van der Waals surface area (Å²) in [5.74, 6) is -1.14. The van der Waals surface area contributed by atoms with Crippen molar-refractivity contribution in [3.63, 3.8) is 0 Å². The molecule has 31 heavy (non-hydrogen) atoms. The minimum atomic E-state index is -3.35. The van der Waals surface area contributed by atoms with Crippen molar-refractivity contribution >= 4 is 16.0 Å². The van der Waals surface area contributed by atoms with Gasteiger partial charge in [-0.2, -0.15) is 13.1 Å². The van der Waals surface area contributed by atoms with Gasteiger partial charge in [0.2, 0.25) is 16.0 Å². The molecule has 1 N–H and O–H groups in total. The smallest absolute Gasteiger partial charge is 0.314 e. The molecule has 164 valence electrons. The van der Waals surface area contributed by atoms with E-state index in [4.69, 9.17) is 4.42 Å². The molecule has 0 bridgehead atoms. The van der Waals surface area contributed by atoms with Gasteiger partial charge in [-0.05, 0) is 24.1 Å². The Balaban J connectivity index is 1.55. The van der Waals surface area contributed by atoms with E-state index in [1.54, 1.807) is 12.1 Å². The molecule has 4 rings (SSSR count). The number of aromatic nitrogens is 4. The van der Waals surface area contributed by atoms with Crippen LogP contribution in [-0.2, 0) is 10.0 Å². The molecule has 9 nitrogen and oxygen atoms in total. The van der Waals surface area contributed by atoms with Gasteiger partial charge in [0.25, 0.3) is 11.8 Å². The van der Waals surface area contributed by atoms with E-state index in [1.165, 1.54) is 28.8 Å². The summed E-state index contributed by atoms with van der Waals surface area (Å²) < 4.78 is 69.2. The van der Waals surface area contributed by atoms with Crippen LogP contribution in [0.3, 0.4) is 0 Å². The summed E-state index contributed by atoms with van der Waals surface area (Å²) in [5.41, 5.74) is 0.889. The van der Waals surface area contributed by atoms with E-state index < -0.39 is 34.2 Å². The standard InChI is InChI=1S/C18H17F3N6O3S/c19-13-4-2-11(3-5-13)14(10-27-6-1-7-31(27,28)29)24-18-22-8-12(9-23-18)16-25-26-17(30-16)15(20)21/h2-5,8-9,14-15H,1,6-7,10H2,(H,22,23,24)/t14-/m1/s1. The van der Waals surface area contributed by atoms with Crippen LogP contribution in [0.25, 0.3) is 11.5 Å². The van der Waals surface area contributed by atoms with Crippen molar-refractivity contribution in [3.05, 3.63) is 53.9 Å². The van der Waals surface area contributed by atoms with Gasteiger partial charge in [-0.15, -0.1) is 10.2 Å². The van der Waals surface area contributed by atoms with Gasteiger partial charge in [-0.1, -0.05) is 12.1 Å². The highest BCUT2D eigenvalue weighted by molar-refractivity contribution is 7.89. The van der Waals surface area contributed by atoms with Crippen LogP contribution in [0.4, 0.5) is 19.1 Å². The van der Waals surface area contributed by atoms with E-state index in [0.717, 1.165) is 0 Å². The monoisotopic (exact) mass is 454 g/mol. The fourth-order valence-corrected chi connectivity index (χ4v) is 4.67. The lowest BCUT2D eigenvalue weighted by Gasteiger charge is -2.24. The minimum Gasteiger partial charge on any atom is -0.415 e. The number of rotatable bonds is 7. The second-order valence-corrected chi connectivity index (χ2v) is 8.91. The highest BCUT2D eigenvalue weighted by atomic mass is 32.2. The molecule has 2 aromatic heterocycles. The average Bonchev–Trinajstić information content (AvgIpc) is 3.36. The maximum atomic E-state index is 13.3. The predicted octanol–water partition coefficient (Wildman–Crippen LogP) is 2.79. The van der Waals surface area contributed by atoms with Crippen LogP contribution in [0, 0.1) is 5.82 Å². The molecule has 0 unspecified atom stereocenters. The van der Waals surface area contributed by atoms with Crippen molar-refractivity contribution in [2.75, 3.05) is 24.2 Å². The summed E-state index contributed by atoms with van der Waals surface area (Å²) in [6, 6.07) is 5.11. The fraction of sp³-hybridized carbons (Fsp3) is 0.333. The second-order valence-electron chi connectivity index (χ2n) is 6.82. The Morgan fingerprint density at radius 1 is 1.13 bits per heavy atom. The number of nitrogens with one attached hydrogen (secondary N) is 1. The molecular weight excluding hydrogens is 437 g/mol. The highest BCUT2D eigenvalue weighted by Crippen LogP contribution is 2.25. The normalized spacial score (nSPS) is 17.2. The van der Waals surface area contributed by atoms with E-state index in [1.807, 2.05) is 0 Å². The summed E-state index contributed by atoms with van der Waals surface area (Å²) in [4.78, 5) is 8.25. The lowest BCUT2D eigenvalue weighted by atomic mass is 10.1. The zero-order valence-corrected chi connectivity index (χ0v) is 16.8. The van der Waals surface area contributed by atoms with Crippen molar-refractivity contribution < 1.29 is 26.0 Å². The van der Waals surface area contributed by atoms with Crippen LogP contribution in [-0.4, -0.2) is 51.7 Å². The van der Waals surface area contributed by atoms with Crippen LogP contribution in [0.5, 0.6) is 0 Å². The SMILES string of the molecule is O=S1(=O)CCCN1C[C@@H](Nc1ncc(-c2nnc(C(F)F)o2)cn1)c1ccc(F)cc1. The van der Waals surface area contributed by atoms with E-state index in [0.29, 0.717) is 18.5 Å². The summed E-state index contributed by atoms with van der Waals surface area (Å²) in [6.07, 6.45) is 0.272. The van der Waals surface area contributed by atoms with Crippen LogP contribution >= 0.6 is 0 Å². The number of anilines is 1. The fourth-order valence-electron chi connectivity index (χ4n) is 3.14. The number of alkyl halides is 2. The van der Waals surface area contributed by atoms with Gasteiger partial charge in [0, 0.05) is 25.5 Å². The topological polar surface area (TPSA) is 114 Å². The Hall–Kier alpha value is -3.06. The zero-order chi connectivity index (χ0) is 22.0. The summed E-state index contributed by atoms with van der Waals surface area (Å²) >= 11 is 0. The number of hydrogen-bond acceptors (Lipinski definition) is 8.